The number of carbonyl (C=O) groups is 1. The maximum atomic E-state index is 12.1. The second kappa shape index (κ2) is 6.90. The molecule has 4 N–H and O–H groups in total. The van der Waals surface area contributed by atoms with E-state index < -0.39 is 6.04 Å². The lowest BCUT2D eigenvalue weighted by Crippen LogP contribution is -2.37. The van der Waals surface area contributed by atoms with Gasteiger partial charge in [0.05, 0.1) is 11.7 Å². The van der Waals surface area contributed by atoms with Crippen LogP contribution in [0.4, 0.5) is 5.69 Å². The van der Waals surface area contributed by atoms with Gasteiger partial charge in [-0.2, -0.15) is 0 Å². The number of anilines is 1. The normalized spacial score (nSPS) is 11.9. The first-order valence-electron chi connectivity index (χ1n) is 7.02. The highest BCUT2D eigenvalue weighted by Gasteiger charge is 2.15. The Morgan fingerprint density at radius 1 is 1.19 bits per heavy atom. The van der Waals surface area contributed by atoms with E-state index in [0.29, 0.717) is 12.1 Å². The van der Waals surface area contributed by atoms with Crippen molar-refractivity contribution in [2.75, 3.05) is 5.32 Å². The first-order chi connectivity index (χ1) is 10.1. The average molecular weight is 284 g/mol. The predicted molar refractivity (Wildman–Crippen MR) is 84.2 cm³/mol. The van der Waals surface area contributed by atoms with E-state index in [1.165, 1.54) is 0 Å². The molecular formula is C17H20N2O2. The van der Waals surface area contributed by atoms with Gasteiger partial charge in [0.1, 0.15) is 5.75 Å². The van der Waals surface area contributed by atoms with Crippen molar-refractivity contribution in [2.24, 2.45) is 5.73 Å². The minimum Gasteiger partial charge on any atom is -0.506 e. The summed E-state index contributed by atoms with van der Waals surface area (Å²) in [6.45, 7) is 2.01. The highest BCUT2D eigenvalue weighted by molar-refractivity contribution is 5.96. The second-order valence-electron chi connectivity index (χ2n) is 4.99. The van der Waals surface area contributed by atoms with Crippen LogP contribution in [0.5, 0.6) is 5.75 Å². The fraction of sp³-hybridized carbons (Fsp3) is 0.235. The summed E-state index contributed by atoms with van der Waals surface area (Å²) in [6, 6.07) is 14.1. The number of hydrogen-bond acceptors (Lipinski definition) is 3. The van der Waals surface area contributed by atoms with E-state index in [4.69, 9.17) is 5.73 Å². The summed E-state index contributed by atoms with van der Waals surface area (Å²) in [7, 11) is 0. The summed E-state index contributed by atoms with van der Waals surface area (Å²) < 4.78 is 0. The Balaban J connectivity index is 2.04. The molecule has 21 heavy (non-hydrogen) atoms. The fourth-order valence-corrected chi connectivity index (χ4v) is 2.09. The first-order valence-corrected chi connectivity index (χ1v) is 7.02. The second-order valence-corrected chi connectivity index (χ2v) is 4.99. The topological polar surface area (TPSA) is 75.3 Å². The van der Waals surface area contributed by atoms with Gasteiger partial charge in [0.15, 0.2) is 0 Å². The molecule has 0 unspecified atom stereocenters. The van der Waals surface area contributed by atoms with Crippen molar-refractivity contribution in [3.8, 4) is 5.75 Å². The zero-order valence-electron chi connectivity index (χ0n) is 12.0. The van der Waals surface area contributed by atoms with Gasteiger partial charge in [-0.15, -0.1) is 0 Å². The van der Waals surface area contributed by atoms with Gasteiger partial charge in [0.25, 0.3) is 0 Å². The molecule has 0 aromatic heterocycles. The standard InChI is InChI=1S/C17H20N2O2/c1-2-12-8-9-16(20)15(11-12)19-17(21)14(18)10-13-6-4-3-5-7-13/h3-9,11,14,20H,2,10,18H2,1H3,(H,19,21)/t14-/m0/s1. The van der Waals surface area contributed by atoms with Crippen LogP contribution in [0, 0.1) is 0 Å². The number of nitrogens with one attached hydrogen (secondary N) is 1. The van der Waals surface area contributed by atoms with Crippen LogP contribution in [-0.2, 0) is 17.6 Å². The van der Waals surface area contributed by atoms with E-state index in [2.05, 4.69) is 5.32 Å². The van der Waals surface area contributed by atoms with E-state index in [1.54, 1.807) is 12.1 Å². The number of benzene rings is 2. The predicted octanol–water partition coefficient (Wildman–Crippen LogP) is 2.46. The van der Waals surface area contributed by atoms with E-state index >= 15 is 0 Å². The molecule has 0 saturated heterocycles. The average Bonchev–Trinajstić information content (AvgIpc) is 2.50. The molecule has 0 aliphatic carbocycles. The van der Waals surface area contributed by atoms with Gasteiger partial charge in [0.2, 0.25) is 5.91 Å². The molecule has 2 aromatic carbocycles. The largest absolute Gasteiger partial charge is 0.506 e. The molecule has 110 valence electrons. The molecule has 4 heteroatoms. The van der Waals surface area contributed by atoms with Gasteiger partial charge in [-0.05, 0) is 36.1 Å². The number of carbonyl (C=O) groups excluding carboxylic acids is 1. The molecule has 0 heterocycles. The summed E-state index contributed by atoms with van der Waals surface area (Å²) >= 11 is 0. The lowest BCUT2D eigenvalue weighted by Gasteiger charge is -2.14. The van der Waals surface area contributed by atoms with Crippen molar-refractivity contribution >= 4 is 11.6 Å². The Hall–Kier alpha value is -2.33. The number of aromatic hydroxyl groups is 1. The van der Waals surface area contributed by atoms with Crippen molar-refractivity contribution in [3.05, 3.63) is 59.7 Å². The van der Waals surface area contributed by atoms with E-state index in [1.807, 2.05) is 43.3 Å². The van der Waals surface area contributed by atoms with Gasteiger partial charge < -0.3 is 16.2 Å². The number of rotatable bonds is 5. The van der Waals surface area contributed by atoms with Crippen molar-refractivity contribution < 1.29 is 9.90 Å². The van der Waals surface area contributed by atoms with Gasteiger partial charge in [-0.25, -0.2) is 0 Å². The van der Waals surface area contributed by atoms with Crippen LogP contribution in [-0.4, -0.2) is 17.1 Å². The zero-order valence-corrected chi connectivity index (χ0v) is 12.0. The molecule has 0 aliphatic rings. The highest BCUT2D eigenvalue weighted by Crippen LogP contribution is 2.24. The van der Waals surface area contributed by atoms with Crippen LogP contribution in [0.25, 0.3) is 0 Å². The molecule has 0 spiro atoms. The molecule has 1 atom stereocenters. The number of nitrogens with two attached hydrogens (primary N) is 1. The molecule has 0 radical (unpaired) electrons. The van der Waals surface area contributed by atoms with Crippen LogP contribution >= 0.6 is 0 Å². The van der Waals surface area contributed by atoms with E-state index in [9.17, 15) is 9.90 Å². The SMILES string of the molecule is CCc1ccc(O)c(NC(=O)[C@@H](N)Cc2ccccc2)c1. The zero-order chi connectivity index (χ0) is 15.2. The van der Waals surface area contributed by atoms with E-state index in [0.717, 1.165) is 17.5 Å². The van der Waals surface area contributed by atoms with Crippen molar-refractivity contribution in [1.82, 2.24) is 0 Å². The smallest absolute Gasteiger partial charge is 0.241 e. The van der Waals surface area contributed by atoms with Crippen molar-refractivity contribution in [1.29, 1.82) is 0 Å². The third-order valence-electron chi connectivity index (χ3n) is 3.36. The van der Waals surface area contributed by atoms with Crippen molar-refractivity contribution in [3.63, 3.8) is 0 Å². The molecule has 0 bridgehead atoms. The Labute approximate surface area is 124 Å². The number of aryl methyl sites for hydroxylation is 1. The van der Waals surface area contributed by atoms with Crippen LogP contribution in [0.2, 0.25) is 0 Å². The third-order valence-corrected chi connectivity index (χ3v) is 3.36. The minimum atomic E-state index is -0.655. The van der Waals surface area contributed by atoms with Gasteiger partial charge in [0, 0.05) is 0 Å². The lowest BCUT2D eigenvalue weighted by molar-refractivity contribution is -0.117. The Bertz CT molecular complexity index is 611. The lowest BCUT2D eigenvalue weighted by atomic mass is 10.1. The van der Waals surface area contributed by atoms with E-state index in [-0.39, 0.29) is 11.7 Å². The molecule has 2 aromatic rings. The number of hydrogen-bond donors (Lipinski definition) is 3. The molecule has 0 saturated carbocycles. The Morgan fingerprint density at radius 2 is 1.90 bits per heavy atom. The Kier molecular flexibility index (Phi) is 4.95. The molecule has 0 aliphatic heterocycles. The maximum Gasteiger partial charge on any atom is 0.241 e. The fourth-order valence-electron chi connectivity index (χ4n) is 2.09. The number of phenols is 1. The van der Waals surface area contributed by atoms with Gasteiger partial charge in [-0.1, -0.05) is 43.3 Å². The van der Waals surface area contributed by atoms with Crippen LogP contribution in [0.15, 0.2) is 48.5 Å². The van der Waals surface area contributed by atoms with Crippen LogP contribution in [0.1, 0.15) is 18.1 Å². The quantitative estimate of drug-likeness (QED) is 0.738. The van der Waals surface area contributed by atoms with Crippen LogP contribution in [0.3, 0.4) is 0 Å². The van der Waals surface area contributed by atoms with Crippen molar-refractivity contribution in [2.45, 2.75) is 25.8 Å². The molecular weight excluding hydrogens is 264 g/mol. The minimum absolute atomic E-state index is 0.0486. The summed E-state index contributed by atoms with van der Waals surface area (Å²) in [4.78, 5) is 12.1. The summed E-state index contributed by atoms with van der Waals surface area (Å²) in [5.74, 6) is -0.255. The molecule has 0 fully saturated rings. The molecule has 2 rings (SSSR count). The van der Waals surface area contributed by atoms with Crippen LogP contribution < -0.4 is 11.1 Å². The summed E-state index contributed by atoms with van der Waals surface area (Å²) in [5, 5.41) is 12.5. The first kappa shape index (κ1) is 15.1. The monoisotopic (exact) mass is 284 g/mol. The number of phenolic OH excluding ortho intramolecular Hbond substituents is 1. The summed E-state index contributed by atoms with van der Waals surface area (Å²) in [6.07, 6.45) is 1.29. The highest BCUT2D eigenvalue weighted by atomic mass is 16.3. The maximum absolute atomic E-state index is 12.1. The third kappa shape index (κ3) is 4.07. The number of amides is 1. The molecule has 1 amide bonds. The van der Waals surface area contributed by atoms with Gasteiger partial charge >= 0.3 is 0 Å². The Morgan fingerprint density at radius 3 is 2.57 bits per heavy atom. The summed E-state index contributed by atoms with van der Waals surface area (Å²) in [5.41, 5.74) is 8.38. The molecule has 4 nitrogen and oxygen atoms in total. The van der Waals surface area contributed by atoms with Gasteiger partial charge in [-0.3, -0.25) is 4.79 Å².